The third-order valence-corrected chi connectivity index (χ3v) is 3.59. The van der Waals surface area contributed by atoms with E-state index >= 15 is 0 Å². The van der Waals surface area contributed by atoms with Crippen molar-refractivity contribution in [1.29, 1.82) is 0 Å². The Labute approximate surface area is 95.5 Å². The molecule has 0 radical (unpaired) electrons. The summed E-state index contributed by atoms with van der Waals surface area (Å²) in [6, 6.07) is 0. The molecular formula is C11H19N3S. The van der Waals surface area contributed by atoms with Gasteiger partial charge in [0.2, 0.25) is 5.13 Å². The summed E-state index contributed by atoms with van der Waals surface area (Å²) in [5.41, 5.74) is 0.325. The Morgan fingerprint density at radius 2 is 2.00 bits per heavy atom. The van der Waals surface area contributed by atoms with Crippen LogP contribution in [0.15, 0.2) is 0 Å². The van der Waals surface area contributed by atoms with Gasteiger partial charge in [-0.05, 0) is 26.2 Å². The first kappa shape index (κ1) is 10.9. The third kappa shape index (κ3) is 2.30. The van der Waals surface area contributed by atoms with Crippen LogP contribution in [0.3, 0.4) is 0 Å². The molecule has 0 saturated heterocycles. The molecule has 1 fully saturated rings. The van der Waals surface area contributed by atoms with E-state index in [1.165, 1.54) is 30.8 Å². The normalized spacial score (nSPS) is 19.7. The molecule has 1 heterocycles. The molecule has 4 heteroatoms. The highest BCUT2D eigenvalue weighted by molar-refractivity contribution is 7.09. The molecule has 0 spiro atoms. The highest BCUT2D eigenvalue weighted by Gasteiger charge is 2.32. The molecule has 1 saturated carbocycles. The van der Waals surface area contributed by atoms with E-state index in [1.54, 1.807) is 0 Å². The monoisotopic (exact) mass is 225 g/mol. The summed E-state index contributed by atoms with van der Waals surface area (Å²) < 4.78 is 4.40. The molecule has 1 aliphatic carbocycles. The van der Waals surface area contributed by atoms with Crippen LogP contribution in [-0.2, 0) is 5.41 Å². The van der Waals surface area contributed by atoms with Crippen LogP contribution >= 0.6 is 11.5 Å². The largest absolute Gasteiger partial charge is 0.355 e. The molecule has 2 rings (SSSR count). The van der Waals surface area contributed by atoms with Crippen molar-refractivity contribution in [3.8, 4) is 0 Å². The molecule has 0 aromatic carbocycles. The van der Waals surface area contributed by atoms with Crippen LogP contribution in [0.1, 0.15) is 52.8 Å². The van der Waals surface area contributed by atoms with Crippen molar-refractivity contribution in [2.75, 3.05) is 5.32 Å². The summed E-state index contributed by atoms with van der Waals surface area (Å²) >= 11 is 1.48. The number of nitrogens with one attached hydrogen (secondary N) is 1. The third-order valence-electron chi connectivity index (χ3n) is 2.96. The molecule has 1 aromatic rings. The van der Waals surface area contributed by atoms with E-state index in [4.69, 9.17) is 0 Å². The van der Waals surface area contributed by atoms with Crippen LogP contribution in [0.2, 0.25) is 0 Å². The minimum Gasteiger partial charge on any atom is -0.355 e. The smallest absolute Gasteiger partial charge is 0.203 e. The van der Waals surface area contributed by atoms with Crippen molar-refractivity contribution < 1.29 is 0 Å². The van der Waals surface area contributed by atoms with E-state index in [2.05, 4.69) is 42.4 Å². The quantitative estimate of drug-likeness (QED) is 0.840. The highest BCUT2D eigenvalue weighted by Crippen LogP contribution is 2.35. The van der Waals surface area contributed by atoms with Gasteiger partial charge in [-0.2, -0.15) is 4.37 Å². The van der Waals surface area contributed by atoms with Gasteiger partial charge in [0.25, 0.3) is 0 Å². The summed E-state index contributed by atoms with van der Waals surface area (Å²) in [5.74, 6) is 0.943. The molecule has 1 N–H and O–H groups in total. The van der Waals surface area contributed by atoms with Gasteiger partial charge in [0.1, 0.15) is 5.82 Å². The van der Waals surface area contributed by atoms with Crippen molar-refractivity contribution in [2.45, 2.75) is 57.9 Å². The Hall–Kier alpha value is -0.640. The van der Waals surface area contributed by atoms with Gasteiger partial charge < -0.3 is 5.32 Å². The Balaban J connectivity index is 2.07. The summed E-state index contributed by atoms with van der Waals surface area (Å²) in [4.78, 5) is 4.54. The number of aromatic nitrogens is 2. The van der Waals surface area contributed by atoms with E-state index in [-0.39, 0.29) is 11.0 Å². The molecule has 3 nitrogen and oxygen atoms in total. The van der Waals surface area contributed by atoms with E-state index in [0.717, 1.165) is 11.0 Å². The fourth-order valence-electron chi connectivity index (χ4n) is 1.67. The first-order chi connectivity index (χ1) is 6.89. The standard InChI is InChI=1S/C11H19N3S/c1-10(2,3)8-12-9(15-14-8)13-11(4)6-5-7-11/h5-7H2,1-4H3,(H,12,13,14). The van der Waals surface area contributed by atoms with Crippen molar-refractivity contribution in [3.05, 3.63) is 5.82 Å². The van der Waals surface area contributed by atoms with E-state index in [0.29, 0.717) is 0 Å². The molecule has 0 atom stereocenters. The molecule has 0 bridgehead atoms. The molecule has 0 amide bonds. The van der Waals surface area contributed by atoms with Crippen LogP contribution in [0, 0.1) is 0 Å². The Morgan fingerprint density at radius 1 is 1.33 bits per heavy atom. The van der Waals surface area contributed by atoms with Gasteiger partial charge in [0.15, 0.2) is 0 Å². The average Bonchev–Trinajstić information content (AvgIpc) is 2.49. The molecular weight excluding hydrogens is 206 g/mol. The Morgan fingerprint density at radius 3 is 2.40 bits per heavy atom. The fraction of sp³-hybridized carbons (Fsp3) is 0.818. The topological polar surface area (TPSA) is 37.8 Å². The lowest BCUT2D eigenvalue weighted by atomic mass is 9.79. The Bertz CT molecular complexity index is 347. The van der Waals surface area contributed by atoms with Crippen molar-refractivity contribution in [1.82, 2.24) is 9.36 Å². The van der Waals surface area contributed by atoms with Gasteiger partial charge in [-0.3, -0.25) is 0 Å². The molecule has 1 aromatic heterocycles. The second kappa shape index (κ2) is 3.44. The lowest BCUT2D eigenvalue weighted by Crippen LogP contribution is -2.41. The number of rotatable bonds is 2. The lowest BCUT2D eigenvalue weighted by Gasteiger charge is -2.38. The highest BCUT2D eigenvalue weighted by atomic mass is 32.1. The summed E-state index contributed by atoms with van der Waals surface area (Å²) in [6.45, 7) is 8.69. The lowest BCUT2D eigenvalue weighted by molar-refractivity contribution is 0.306. The van der Waals surface area contributed by atoms with E-state index in [1.807, 2.05) is 0 Å². The van der Waals surface area contributed by atoms with Gasteiger partial charge in [-0.25, -0.2) is 4.98 Å². The first-order valence-electron chi connectivity index (χ1n) is 5.51. The molecule has 0 unspecified atom stereocenters. The van der Waals surface area contributed by atoms with Crippen LogP contribution in [0.5, 0.6) is 0 Å². The number of hydrogen-bond donors (Lipinski definition) is 1. The van der Waals surface area contributed by atoms with E-state index < -0.39 is 0 Å². The number of nitrogens with zero attached hydrogens (tertiary/aromatic N) is 2. The van der Waals surface area contributed by atoms with Crippen molar-refractivity contribution >= 4 is 16.7 Å². The molecule has 1 aliphatic rings. The van der Waals surface area contributed by atoms with Crippen LogP contribution in [0.4, 0.5) is 5.13 Å². The van der Waals surface area contributed by atoms with E-state index in [9.17, 15) is 0 Å². The van der Waals surface area contributed by atoms with Gasteiger partial charge >= 0.3 is 0 Å². The molecule has 84 valence electrons. The van der Waals surface area contributed by atoms with Crippen LogP contribution in [0.25, 0.3) is 0 Å². The summed E-state index contributed by atoms with van der Waals surface area (Å²) in [5, 5.41) is 4.47. The van der Waals surface area contributed by atoms with Gasteiger partial charge in [0.05, 0.1) is 0 Å². The minimum atomic E-state index is 0.0525. The zero-order valence-corrected chi connectivity index (χ0v) is 10.7. The van der Waals surface area contributed by atoms with Crippen molar-refractivity contribution in [3.63, 3.8) is 0 Å². The SMILES string of the molecule is CC1(Nc2nc(C(C)(C)C)ns2)CCC1. The average molecular weight is 225 g/mol. The Kier molecular flexibility index (Phi) is 2.49. The molecule has 15 heavy (non-hydrogen) atoms. The summed E-state index contributed by atoms with van der Waals surface area (Å²) in [7, 11) is 0. The van der Waals surface area contributed by atoms with Crippen LogP contribution in [-0.4, -0.2) is 14.9 Å². The maximum atomic E-state index is 4.54. The number of hydrogen-bond acceptors (Lipinski definition) is 4. The maximum absolute atomic E-state index is 4.54. The van der Waals surface area contributed by atoms with Gasteiger partial charge in [-0.1, -0.05) is 20.8 Å². The fourth-order valence-corrected chi connectivity index (χ4v) is 2.58. The van der Waals surface area contributed by atoms with Gasteiger partial charge in [-0.15, -0.1) is 0 Å². The zero-order chi connectivity index (χ0) is 11.1. The summed E-state index contributed by atoms with van der Waals surface area (Å²) in [6.07, 6.45) is 3.82. The molecule has 0 aliphatic heterocycles. The van der Waals surface area contributed by atoms with Gasteiger partial charge in [0, 0.05) is 22.5 Å². The van der Waals surface area contributed by atoms with Crippen LogP contribution < -0.4 is 5.32 Å². The first-order valence-corrected chi connectivity index (χ1v) is 6.29. The predicted molar refractivity (Wildman–Crippen MR) is 64.5 cm³/mol. The minimum absolute atomic E-state index is 0.0525. The predicted octanol–water partition coefficient (Wildman–Crippen LogP) is 3.19. The van der Waals surface area contributed by atoms with Crippen molar-refractivity contribution in [2.24, 2.45) is 0 Å². The second-order valence-electron chi connectivity index (χ2n) is 5.71. The second-order valence-corrected chi connectivity index (χ2v) is 6.46. The maximum Gasteiger partial charge on any atom is 0.203 e. The number of anilines is 1. The zero-order valence-electron chi connectivity index (χ0n) is 9.92.